The molecule has 3 aliphatic rings. The Morgan fingerprint density at radius 3 is 2.09 bits per heavy atom. The van der Waals surface area contributed by atoms with E-state index in [0.717, 1.165) is 32.4 Å². The van der Waals surface area contributed by atoms with Crippen molar-refractivity contribution in [2.75, 3.05) is 32.7 Å². The Balaban J connectivity index is 1.90. The average molecular weight is 321 g/mol. The summed E-state index contributed by atoms with van der Waals surface area (Å²) in [5, 5.41) is 0. The number of fused-ring (bicyclic) bond motifs is 1. The summed E-state index contributed by atoms with van der Waals surface area (Å²) >= 11 is 0. The molecule has 2 atom stereocenters. The van der Waals surface area contributed by atoms with Gasteiger partial charge in [-0.1, -0.05) is 0 Å². The highest BCUT2D eigenvalue weighted by atomic mass is 16.2. The minimum atomic E-state index is -0.486. The lowest BCUT2D eigenvalue weighted by Crippen LogP contribution is -2.51. The van der Waals surface area contributed by atoms with Crippen molar-refractivity contribution < 1.29 is 14.4 Å². The van der Waals surface area contributed by atoms with E-state index < -0.39 is 5.41 Å². The van der Waals surface area contributed by atoms with Gasteiger partial charge in [0.05, 0.1) is 5.41 Å². The molecule has 6 nitrogen and oxygen atoms in total. The molecular weight excluding hydrogens is 294 g/mol. The maximum atomic E-state index is 13.3. The molecule has 0 aromatic carbocycles. The number of amides is 3. The van der Waals surface area contributed by atoms with Crippen molar-refractivity contribution in [2.24, 2.45) is 5.41 Å². The van der Waals surface area contributed by atoms with E-state index in [4.69, 9.17) is 0 Å². The number of rotatable bonds is 1. The lowest BCUT2D eigenvalue weighted by molar-refractivity contribution is -0.144. The van der Waals surface area contributed by atoms with Gasteiger partial charge < -0.3 is 14.7 Å². The highest BCUT2D eigenvalue weighted by Gasteiger charge is 2.55. The molecular formula is C17H27N3O3. The van der Waals surface area contributed by atoms with E-state index in [9.17, 15) is 14.4 Å². The first-order valence-corrected chi connectivity index (χ1v) is 8.78. The molecule has 0 aromatic rings. The van der Waals surface area contributed by atoms with Gasteiger partial charge in [-0.2, -0.15) is 0 Å². The molecule has 0 N–H and O–H groups in total. The van der Waals surface area contributed by atoms with Crippen molar-refractivity contribution in [3.05, 3.63) is 0 Å². The molecule has 3 rings (SSSR count). The Morgan fingerprint density at radius 2 is 1.48 bits per heavy atom. The number of carbonyl (C=O) groups is 3. The van der Waals surface area contributed by atoms with Crippen LogP contribution in [0.15, 0.2) is 0 Å². The summed E-state index contributed by atoms with van der Waals surface area (Å²) in [5.74, 6) is 0.319. The van der Waals surface area contributed by atoms with Gasteiger partial charge in [-0.15, -0.1) is 0 Å². The minimum Gasteiger partial charge on any atom is -0.343 e. The van der Waals surface area contributed by atoms with Gasteiger partial charge in [-0.25, -0.2) is 0 Å². The summed E-state index contributed by atoms with van der Waals surface area (Å²) in [7, 11) is 0. The average Bonchev–Trinajstić information content (AvgIpc) is 3.11. The Kier molecular flexibility index (Phi) is 4.34. The van der Waals surface area contributed by atoms with Crippen molar-refractivity contribution in [1.29, 1.82) is 0 Å². The summed E-state index contributed by atoms with van der Waals surface area (Å²) < 4.78 is 0. The number of carbonyl (C=O) groups excluding carboxylic acids is 3. The molecule has 3 saturated heterocycles. The van der Waals surface area contributed by atoms with E-state index in [1.54, 1.807) is 13.8 Å². The fraction of sp³-hybridized carbons (Fsp3) is 0.824. The molecule has 128 valence electrons. The van der Waals surface area contributed by atoms with E-state index in [0.29, 0.717) is 32.5 Å². The van der Waals surface area contributed by atoms with Crippen LogP contribution in [0, 0.1) is 5.41 Å². The monoisotopic (exact) mass is 321 g/mol. The maximum absolute atomic E-state index is 13.3. The van der Waals surface area contributed by atoms with Gasteiger partial charge in [0.25, 0.3) is 0 Å². The van der Waals surface area contributed by atoms with E-state index in [2.05, 4.69) is 0 Å². The minimum absolute atomic E-state index is 0.0439. The molecule has 3 heterocycles. The highest BCUT2D eigenvalue weighted by molar-refractivity contribution is 5.86. The number of hydrogen-bond acceptors (Lipinski definition) is 3. The van der Waals surface area contributed by atoms with Crippen LogP contribution in [0.5, 0.6) is 0 Å². The molecule has 3 amide bonds. The molecule has 0 unspecified atom stereocenters. The molecule has 0 spiro atoms. The fourth-order valence-corrected chi connectivity index (χ4v) is 4.67. The van der Waals surface area contributed by atoms with Crippen LogP contribution in [0.4, 0.5) is 0 Å². The molecule has 3 fully saturated rings. The summed E-state index contributed by atoms with van der Waals surface area (Å²) in [5.41, 5.74) is -0.486. The van der Waals surface area contributed by atoms with Gasteiger partial charge in [0.1, 0.15) is 0 Å². The van der Waals surface area contributed by atoms with Crippen molar-refractivity contribution in [2.45, 2.75) is 52.0 Å². The second-order valence-corrected chi connectivity index (χ2v) is 7.18. The Hall–Kier alpha value is -1.59. The van der Waals surface area contributed by atoms with Crippen LogP contribution in [0.1, 0.15) is 46.0 Å². The lowest BCUT2D eigenvalue weighted by Gasteiger charge is -2.37. The first-order chi connectivity index (χ1) is 11.0. The molecule has 3 aliphatic heterocycles. The summed E-state index contributed by atoms with van der Waals surface area (Å²) in [4.78, 5) is 42.8. The smallest absolute Gasteiger partial charge is 0.231 e. The summed E-state index contributed by atoms with van der Waals surface area (Å²) in [6.07, 6.45) is 4.26. The summed E-state index contributed by atoms with van der Waals surface area (Å²) in [6.45, 7) is 6.77. The van der Waals surface area contributed by atoms with E-state index in [1.807, 2.05) is 14.7 Å². The maximum Gasteiger partial charge on any atom is 0.231 e. The SMILES string of the molecule is CC(=O)N1CC[C@@H]2N(C(C)=O)CC[C@]2(C(=O)N2CCCC2)CC1. The van der Waals surface area contributed by atoms with Crippen molar-refractivity contribution >= 4 is 17.7 Å². The first kappa shape index (κ1) is 16.3. The predicted octanol–water partition coefficient (Wildman–Crippen LogP) is 0.858. The van der Waals surface area contributed by atoms with Crippen molar-refractivity contribution in [1.82, 2.24) is 14.7 Å². The zero-order valence-electron chi connectivity index (χ0n) is 14.2. The number of nitrogens with zero attached hydrogens (tertiary/aromatic N) is 3. The Bertz CT molecular complexity index is 515. The molecule has 0 aliphatic carbocycles. The molecule has 0 radical (unpaired) electrons. The van der Waals surface area contributed by atoms with Crippen LogP contribution in [-0.2, 0) is 14.4 Å². The van der Waals surface area contributed by atoms with Gasteiger partial charge in [0.2, 0.25) is 17.7 Å². The van der Waals surface area contributed by atoms with Crippen LogP contribution < -0.4 is 0 Å². The van der Waals surface area contributed by atoms with E-state index in [1.165, 1.54) is 0 Å². The molecule has 23 heavy (non-hydrogen) atoms. The van der Waals surface area contributed by atoms with Gasteiger partial charge in [-0.05, 0) is 32.1 Å². The highest BCUT2D eigenvalue weighted by Crippen LogP contribution is 2.45. The predicted molar refractivity (Wildman–Crippen MR) is 85.5 cm³/mol. The molecule has 0 saturated carbocycles. The standard InChI is InChI=1S/C17H27N3O3/c1-13(21)18-10-5-15-17(6-11-18,7-12-20(15)14(2)22)16(23)19-8-3-4-9-19/h15H,3-12H2,1-2H3/t15-,17+/m0/s1. The summed E-state index contributed by atoms with van der Waals surface area (Å²) in [6, 6.07) is -0.0579. The Labute approximate surface area is 137 Å². The van der Waals surface area contributed by atoms with Crippen LogP contribution in [0.3, 0.4) is 0 Å². The van der Waals surface area contributed by atoms with Crippen LogP contribution in [0.25, 0.3) is 0 Å². The number of hydrogen-bond donors (Lipinski definition) is 0. The van der Waals surface area contributed by atoms with Gasteiger partial charge in [0.15, 0.2) is 0 Å². The third-order valence-corrected chi connectivity index (χ3v) is 5.98. The van der Waals surface area contributed by atoms with Gasteiger partial charge in [-0.3, -0.25) is 14.4 Å². The van der Waals surface area contributed by atoms with Gasteiger partial charge >= 0.3 is 0 Å². The topological polar surface area (TPSA) is 60.9 Å². The second-order valence-electron chi connectivity index (χ2n) is 7.18. The zero-order chi connectivity index (χ0) is 16.6. The van der Waals surface area contributed by atoms with Crippen LogP contribution in [0.2, 0.25) is 0 Å². The molecule has 6 heteroatoms. The van der Waals surface area contributed by atoms with E-state index in [-0.39, 0.29) is 23.8 Å². The molecule has 0 aromatic heterocycles. The van der Waals surface area contributed by atoms with Crippen LogP contribution in [-0.4, -0.2) is 71.2 Å². The first-order valence-electron chi connectivity index (χ1n) is 8.78. The normalized spacial score (nSPS) is 31.0. The van der Waals surface area contributed by atoms with Crippen molar-refractivity contribution in [3.8, 4) is 0 Å². The quantitative estimate of drug-likeness (QED) is 0.720. The van der Waals surface area contributed by atoms with Crippen molar-refractivity contribution in [3.63, 3.8) is 0 Å². The molecule has 0 bridgehead atoms. The zero-order valence-corrected chi connectivity index (χ0v) is 14.2. The lowest BCUT2D eigenvalue weighted by atomic mass is 9.75. The third-order valence-electron chi connectivity index (χ3n) is 5.98. The van der Waals surface area contributed by atoms with E-state index >= 15 is 0 Å². The second kappa shape index (κ2) is 6.13. The fourth-order valence-electron chi connectivity index (χ4n) is 4.67. The third kappa shape index (κ3) is 2.72. The van der Waals surface area contributed by atoms with Gasteiger partial charge in [0, 0.05) is 52.6 Å². The Morgan fingerprint density at radius 1 is 0.826 bits per heavy atom. The number of likely N-dealkylation sites (tertiary alicyclic amines) is 3. The van der Waals surface area contributed by atoms with Crippen LogP contribution >= 0.6 is 0 Å². The largest absolute Gasteiger partial charge is 0.343 e.